The number of nitrogens with one attached hydrogen (secondary N) is 1. The third-order valence-corrected chi connectivity index (χ3v) is 5.43. The van der Waals surface area contributed by atoms with Gasteiger partial charge in [-0.15, -0.1) is 11.3 Å². The van der Waals surface area contributed by atoms with Gasteiger partial charge in [-0.05, 0) is 61.4 Å². The first-order chi connectivity index (χ1) is 11.1. The Morgan fingerprint density at radius 2 is 2.00 bits per heavy atom. The van der Waals surface area contributed by atoms with E-state index in [1.54, 1.807) is 0 Å². The molecule has 0 saturated heterocycles. The van der Waals surface area contributed by atoms with E-state index >= 15 is 0 Å². The highest BCUT2D eigenvalue weighted by Gasteiger charge is 2.18. The summed E-state index contributed by atoms with van der Waals surface area (Å²) in [7, 11) is 0. The Kier molecular flexibility index (Phi) is 5.01. The van der Waals surface area contributed by atoms with Crippen LogP contribution >= 0.6 is 11.3 Å². The van der Waals surface area contributed by atoms with Gasteiger partial charge in [-0.3, -0.25) is 4.79 Å². The molecule has 0 radical (unpaired) electrons. The molecular weight excluding hydrogens is 306 g/mol. The minimum Gasteiger partial charge on any atom is -0.489 e. The number of carbonyl (C=O) groups excluding carboxylic acids is 1. The Labute approximate surface area is 141 Å². The second-order valence-electron chi connectivity index (χ2n) is 6.31. The summed E-state index contributed by atoms with van der Waals surface area (Å²) in [6.45, 7) is 4.67. The monoisotopic (exact) mass is 329 g/mol. The molecule has 23 heavy (non-hydrogen) atoms. The van der Waals surface area contributed by atoms with Crippen LogP contribution in [0, 0.1) is 13.8 Å². The standard InChI is InChI=1S/C19H23NO2S/c1-13-7-8-17(9-14(13)2)22-11-15-10-18(23-12-15)19(21)20-16-5-3-4-6-16/h7-10,12,16H,3-6,11H2,1-2H3,(H,20,21). The molecule has 3 rings (SSSR count). The van der Waals surface area contributed by atoms with E-state index in [0.717, 1.165) is 29.0 Å². The molecule has 1 N–H and O–H groups in total. The average molecular weight is 329 g/mol. The number of rotatable bonds is 5. The van der Waals surface area contributed by atoms with Gasteiger partial charge in [0.1, 0.15) is 12.4 Å². The zero-order chi connectivity index (χ0) is 16.2. The van der Waals surface area contributed by atoms with Crippen LogP contribution in [-0.2, 0) is 6.61 Å². The lowest BCUT2D eigenvalue weighted by molar-refractivity contribution is 0.0942. The minimum atomic E-state index is 0.0549. The molecule has 1 fully saturated rings. The lowest BCUT2D eigenvalue weighted by atomic mass is 10.1. The van der Waals surface area contributed by atoms with Gasteiger partial charge in [-0.2, -0.15) is 0 Å². The molecule has 1 saturated carbocycles. The van der Waals surface area contributed by atoms with Crippen molar-refractivity contribution in [1.29, 1.82) is 0 Å². The van der Waals surface area contributed by atoms with Crippen molar-refractivity contribution >= 4 is 17.2 Å². The average Bonchev–Trinajstić information content (AvgIpc) is 3.20. The molecule has 122 valence electrons. The smallest absolute Gasteiger partial charge is 0.261 e. The Morgan fingerprint density at radius 1 is 1.22 bits per heavy atom. The minimum absolute atomic E-state index is 0.0549. The Balaban J connectivity index is 1.56. The molecule has 1 aliphatic rings. The van der Waals surface area contributed by atoms with Crippen LogP contribution in [0.4, 0.5) is 0 Å². The van der Waals surface area contributed by atoms with E-state index in [1.165, 1.54) is 35.3 Å². The maximum atomic E-state index is 12.2. The molecule has 1 aliphatic carbocycles. The second-order valence-corrected chi connectivity index (χ2v) is 7.22. The van der Waals surface area contributed by atoms with Gasteiger partial charge in [-0.1, -0.05) is 18.9 Å². The van der Waals surface area contributed by atoms with Crippen LogP contribution in [0.3, 0.4) is 0 Å². The number of amides is 1. The van der Waals surface area contributed by atoms with Gasteiger partial charge in [0, 0.05) is 11.6 Å². The molecule has 1 aromatic heterocycles. The predicted octanol–water partition coefficient (Wildman–Crippen LogP) is 4.62. The summed E-state index contributed by atoms with van der Waals surface area (Å²) in [5.41, 5.74) is 3.54. The van der Waals surface area contributed by atoms with E-state index in [0.29, 0.717) is 12.6 Å². The van der Waals surface area contributed by atoms with Crippen LogP contribution in [0.25, 0.3) is 0 Å². The molecule has 0 bridgehead atoms. The van der Waals surface area contributed by atoms with Gasteiger partial charge < -0.3 is 10.1 Å². The third kappa shape index (κ3) is 4.14. The molecule has 4 heteroatoms. The zero-order valence-electron chi connectivity index (χ0n) is 13.7. The lowest BCUT2D eigenvalue weighted by Crippen LogP contribution is -2.31. The number of hydrogen-bond acceptors (Lipinski definition) is 3. The number of hydrogen-bond donors (Lipinski definition) is 1. The van der Waals surface area contributed by atoms with Crippen LogP contribution in [-0.4, -0.2) is 11.9 Å². The second kappa shape index (κ2) is 7.18. The van der Waals surface area contributed by atoms with Crippen molar-refractivity contribution in [3.63, 3.8) is 0 Å². The molecule has 0 spiro atoms. The molecule has 3 nitrogen and oxygen atoms in total. The summed E-state index contributed by atoms with van der Waals surface area (Å²) in [6, 6.07) is 8.41. The molecule has 1 aromatic carbocycles. The Morgan fingerprint density at radius 3 is 2.74 bits per heavy atom. The highest BCUT2D eigenvalue weighted by molar-refractivity contribution is 7.12. The first-order valence-electron chi connectivity index (χ1n) is 8.20. The molecule has 2 aromatic rings. The zero-order valence-corrected chi connectivity index (χ0v) is 14.5. The van der Waals surface area contributed by atoms with Crippen molar-refractivity contribution in [3.8, 4) is 5.75 Å². The van der Waals surface area contributed by atoms with Gasteiger partial charge in [0.25, 0.3) is 5.91 Å². The number of ether oxygens (including phenoxy) is 1. The van der Waals surface area contributed by atoms with Crippen molar-refractivity contribution in [2.45, 2.75) is 52.2 Å². The largest absolute Gasteiger partial charge is 0.489 e. The summed E-state index contributed by atoms with van der Waals surface area (Å²) in [5.74, 6) is 0.926. The summed E-state index contributed by atoms with van der Waals surface area (Å²) in [5, 5.41) is 5.13. The Bertz CT molecular complexity index is 686. The third-order valence-electron chi connectivity index (χ3n) is 4.45. The molecule has 1 heterocycles. The SMILES string of the molecule is Cc1ccc(OCc2csc(C(=O)NC3CCCC3)c2)cc1C. The first kappa shape index (κ1) is 16.1. The van der Waals surface area contributed by atoms with E-state index in [9.17, 15) is 4.79 Å². The summed E-state index contributed by atoms with van der Waals surface area (Å²) < 4.78 is 5.83. The molecule has 0 aliphatic heterocycles. The van der Waals surface area contributed by atoms with Crippen LogP contribution in [0.2, 0.25) is 0 Å². The van der Waals surface area contributed by atoms with E-state index in [1.807, 2.05) is 17.5 Å². The highest BCUT2D eigenvalue weighted by atomic mass is 32.1. The molecule has 0 unspecified atom stereocenters. The van der Waals surface area contributed by atoms with Gasteiger partial charge >= 0.3 is 0 Å². The van der Waals surface area contributed by atoms with Gasteiger partial charge in [0.05, 0.1) is 4.88 Å². The normalized spacial score (nSPS) is 14.9. The first-order valence-corrected chi connectivity index (χ1v) is 9.08. The van der Waals surface area contributed by atoms with Crippen molar-refractivity contribution < 1.29 is 9.53 Å². The maximum Gasteiger partial charge on any atom is 0.261 e. The molecular formula is C19H23NO2S. The van der Waals surface area contributed by atoms with E-state index in [2.05, 4.69) is 31.3 Å². The fourth-order valence-electron chi connectivity index (χ4n) is 2.87. The Hall–Kier alpha value is -1.81. The number of aryl methyl sites for hydroxylation is 2. The van der Waals surface area contributed by atoms with Crippen LogP contribution < -0.4 is 10.1 Å². The summed E-state index contributed by atoms with van der Waals surface area (Å²) in [6.07, 6.45) is 4.68. The highest BCUT2D eigenvalue weighted by Crippen LogP contribution is 2.22. The van der Waals surface area contributed by atoms with Crippen LogP contribution in [0.5, 0.6) is 5.75 Å². The maximum absolute atomic E-state index is 12.2. The van der Waals surface area contributed by atoms with Crippen LogP contribution in [0.15, 0.2) is 29.6 Å². The van der Waals surface area contributed by atoms with Gasteiger partial charge in [0.15, 0.2) is 0 Å². The predicted molar refractivity (Wildman–Crippen MR) is 94.3 cm³/mol. The van der Waals surface area contributed by atoms with Crippen LogP contribution in [0.1, 0.15) is 52.0 Å². The van der Waals surface area contributed by atoms with E-state index < -0.39 is 0 Å². The fourth-order valence-corrected chi connectivity index (χ4v) is 3.67. The fraction of sp³-hybridized carbons (Fsp3) is 0.421. The van der Waals surface area contributed by atoms with Crippen molar-refractivity contribution in [1.82, 2.24) is 5.32 Å². The number of thiophene rings is 1. The lowest BCUT2D eigenvalue weighted by Gasteiger charge is -2.10. The van der Waals surface area contributed by atoms with Crippen molar-refractivity contribution in [2.75, 3.05) is 0 Å². The van der Waals surface area contributed by atoms with Crippen molar-refractivity contribution in [3.05, 3.63) is 51.2 Å². The summed E-state index contributed by atoms with van der Waals surface area (Å²) >= 11 is 1.49. The van der Waals surface area contributed by atoms with Gasteiger partial charge in [-0.25, -0.2) is 0 Å². The van der Waals surface area contributed by atoms with Gasteiger partial charge in [0.2, 0.25) is 0 Å². The quantitative estimate of drug-likeness (QED) is 0.869. The molecule has 1 amide bonds. The number of benzene rings is 1. The molecule has 0 atom stereocenters. The van der Waals surface area contributed by atoms with E-state index in [4.69, 9.17) is 4.74 Å². The number of carbonyl (C=O) groups is 1. The van der Waals surface area contributed by atoms with E-state index in [-0.39, 0.29) is 5.91 Å². The summed E-state index contributed by atoms with van der Waals surface area (Å²) in [4.78, 5) is 13.0. The van der Waals surface area contributed by atoms with Crippen molar-refractivity contribution in [2.24, 2.45) is 0 Å². The topological polar surface area (TPSA) is 38.3 Å².